The number of aryl methyl sites for hydroxylation is 1. The summed E-state index contributed by atoms with van der Waals surface area (Å²) in [6.07, 6.45) is 4.78. The molecule has 7 heteroatoms. The Bertz CT molecular complexity index is 1090. The Balaban J connectivity index is 1.60. The number of amides is 2. The van der Waals surface area contributed by atoms with Gasteiger partial charge in [-0.15, -0.1) is 0 Å². The molecule has 1 N–H and O–H groups in total. The van der Waals surface area contributed by atoms with Crippen LogP contribution in [0.4, 0.5) is 20.2 Å². The minimum atomic E-state index is -1.09. The molecule has 2 aromatic carbocycles. The highest BCUT2D eigenvalue weighted by molar-refractivity contribution is 6.08. The van der Waals surface area contributed by atoms with E-state index in [1.807, 2.05) is 6.07 Å². The number of fused-ring (bicyclic) bond motifs is 1. The van der Waals surface area contributed by atoms with Gasteiger partial charge in [0.15, 0.2) is 11.6 Å². The molecule has 1 aliphatic rings. The molecule has 1 aromatic heterocycles. The summed E-state index contributed by atoms with van der Waals surface area (Å²) in [6.45, 7) is 0.557. The lowest BCUT2D eigenvalue weighted by molar-refractivity contribution is 0.0983. The molecule has 1 aliphatic heterocycles. The molecular formula is C22H17F2N3O2. The Hall–Kier alpha value is -3.61. The lowest BCUT2D eigenvalue weighted by Gasteiger charge is -2.30. The van der Waals surface area contributed by atoms with Crippen LogP contribution in [0.15, 0.2) is 60.9 Å². The van der Waals surface area contributed by atoms with E-state index in [0.717, 1.165) is 30.5 Å². The van der Waals surface area contributed by atoms with Crippen molar-refractivity contribution in [2.75, 3.05) is 16.8 Å². The minimum Gasteiger partial charge on any atom is -0.322 e. The van der Waals surface area contributed by atoms with Crippen LogP contribution in [0, 0.1) is 11.6 Å². The SMILES string of the molecule is O=C(Nc1ccc2c(c1)N(C(=O)c1cccnc1)CCC2)c1ccc(F)c(F)c1. The Morgan fingerprint density at radius 1 is 1.00 bits per heavy atom. The van der Waals surface area contributed by atoms with Crippen LogP contribution in [0.2, 0.25) is 0 Å². The number of anilines is 2. The van der Waals surface area contributed by atoms with Gasteiger partial charge in [-0.2, -0.15) is 0 Å². The molecule has 0 unspecified atom stereocenters. The van der Waals surface area contributed by atoms with Gasteiger partial charge in [0.1, 0.15) is 0 Å². The molecule has 2 heterocycles. The second kappa shape index (κ2) is 7.79. The van der Waals surface area contributed by atoms with Crippen molar-refractivity contribution in [3.63, 3.8) is 0 Å². The second-order valence-electron chi connectivity index (χ2n) is 6.73. The summed E-state index contributed by atoms with van der Waals surface area (Å²) < 4.78 is 26.5. The van der Waals surface area contributed by atoms with E-state index < -0.39 is 17.5 Å². The van der Waals surface area contributed by atoms with E-state index in [2.05, 4.69) is 10.3 Å². The fraction of sp³-hybridized carbons (Fsp3) is 0.136. The average molecular weight is 393 g/mol. The fourth-order valence-electron chi connectivity index (χ4n) is 3.35. The molecule has 0 aliphatic carbocycles. The van der Waals surface area contributed by atoms with Crippen LogP contribution in [0.25, 0.3) is 0 Å². The van der Waals surface area contributed by atoms with Crippen molar-refractivity contribution >= 4 is 23.2 Å². The molecule has 29 heavy (non-hydrogen) atoms. The summed E-state index contributed by atoms with van der Waals surface area (Å²) >= 11 is 0. The van der Waals surface area contributed by atoms with E-state index in [-0.39, 0.29) is 11.5 Å². The Kier molecular flexibility index (Phi) is 5.03. The molecule has 0 fully saturated rings. The largest absolute Gasteiger partial charge is 0.322 e. The first-order valence-electron chi connectivity index (χ1n) is 9.14. The van der Waals surface area contributed by atoms with Crippen molar-refractivity contribution in [2.45, 2.75) is 12.8 Å². The smallest absolute Gasteiger partial charge is 0.259 e. The van der Waals surface area contributed by atoms with Gasteiger partial charge in [0, 0.05) is 35.9 Å². The molecular weight excluding hydrogens is 376 g/mol. The van der Waals surface area contributed by atoms with Crippen molar-refractivity contribution in [1.29, 1.82) is 0 Å². The lowest BCUT2D eigenvalue weighted by Crippen LogP contribution is -2.35. The number of halogens is 2. The number of hydrogen-bond acceptors (Lipinski definition) is 3. The summed E-state index contributed by atoms with van der Waals surface area (Å²) in [5.41, 5.74) is 2.67. The van der Waals surface area contributed by atoms with Crippen molar-refractivity contribution in [1.82, 2.24) is 4.98 Å². The van der Waals surface area contributed by atoms with Crippen molar-refractivity contribution in [3.8, 4) is 0 Å². The van der Waals surface area contributed by atoms with E-state index in [9.17, 15) is 18.4 Å². The molecule has 3 aromatic rings. The van der Waals surface area contributed by atoms with Crippen LogP contribution in [0.3, 0.4) is 0 Å². The molecule has 0 bridgehead atoms. The topological polar surface area (TPSA) is 62.3 Å². The van der Waals surface area contributed by atoms with Gasteiger partial charge < -0.3 is 10.2 Å². The Morgan fingerprint density at radius 2 is 1.86 bits per heavy atom. The minimum absolute atomic E-state index is 0.00455. The third kappa shape index (κ3) is 3.85. The molecule has 0 radical (unpaired) electrons. The molecule has 0 atom stereocenters. The second-order valence-corrected chi connectivity index (χ2v) is 6.73. The van der Waals surface area contributed by atoms with Gasteiger partial charge >= 0.3 is 0 Å². The van der Waals surface area contributed by atoms with Crippen molar-refractivity contribution in [2.24, 2.45) is 0 Å². The lowest BCUT2D eigenvalue weighted by atomic mass is 10.00. The summed E-state index contributed by atoms with van der Waals surface area (Å²) in [5.74, 6) is -2.83. The number of benzene rings is 2. The predicted octanol–water partition coefficient (Wildman–Crippen LogP) is 4.21. The molecule has 2 amide bonds. The van der Waals surface area contributed by atoms with Crippen molar-refractivity contribution < 1.29 is 18.4 Å². The summed E-state index contributed by atoms with van der Waals surface area (Å²) in [7, 11) is 0. The zero-order chi connectivity index (χ0) is 20.4. The molecule has 0 saturated heterocycles. The highest BCUT2D eigenvalue weighted by atomic mass is 19.2. The van der Waals surface area contributed by atoms with Gasteiger partial charge in [0.2, 0.25) is 0 Å². The molecule has 5 nitrogen and oxygen atoms in total. The maximum absolute atomic E-state index is 13.4. The molecule has 4 rings (SSSR count). The van der Waals surface area contributed by atoms with Gasteiger partial charge in [-0.1, -0.05) is 6.07 Å². The van der Waals surface area contributed by atoms with Gasteiger partial charge in [-0.25, -0.2) is 8.78 Å². The van der Waals surface area contributed by atoms with E-state index in [1.165, 1.54) is 12.3 Å². The van der Waals surface area contributed by atoms with Crippen LogP contribution in [0.1, 0.15) is 32.7 Å². The number of aromatic nitrogens is 1. The van der Waals surface area contributed by atoms with Gasteiger partial charge in [-0.3, -0.25) is 14.6 Å². The van der Waals surface area contributed by atoms with Gasteiger partial charge in [0.25, 0.3) is 11.8 Å². The number of pyridine rings is 1. The number of carbonyl (C=O) groups is 2. The summed E-state index contributed by atoms with van der Waals surface area (Å²) in [4.78, 5) is 31.0. The van der Waals surface area contributed by atoms with E-state index in [1.54, 1.807) is 35.4 Å². The Morgan fingerprint density at radius 3 is 2.62 bits per heavy atom. The van der Waals surface area contributed by atoms with Crippen LogP contribution in [-0.2, 0) is 6.42 Å². The third-order valence-electron chi connectivity index (χ3n) is 4.80. The number of hydrogen-bond donors (Lipinski definition) is 1. The van der Waals surface area contributed by atoms with Crippen LogP contribution < -0.4 is 10.2 Å². The molecule has 146 valence electrons. The fourth-order valence-corrected chi connectivity index (χ4v) is 3.35. The maximum atomic E-state index is 13.4. The van der Waals surface area contributed by atoms with E-state index >= 15 is 0 Å². The van der Waals surface area contributed by atoms with Crippen LogP contribution in [0.5, 0.6) is 0 Å². The first-order chi connectivity index (χ1) is 14.0. The first-order valence-corrected chi connectivity index (χ1v) is 9.14. The van der Waals surface area contributed by atoms with E-state index in [0.29, 0.717) is 23.5 Å². The molecule has 0 saturated carbocycles. The summed E-state index contributed by atoms with van der Waals surface area (Å²) in [6, 6.07) is 11.7. The monoisotopic (exact) mass is 393 g/mol. The third-order valence-corrected chi connectivity index (χ3v) is 4.80. The number of carbonyl (C=O) groups excluding carboxylic acids is 2. The highest BCUT2D eigenvalue weighted by Gasteiger charge is 2.24. The maximum Gasteiger partial charge on any atom is 0.259 e. The predicted molar refractivity (Wildman–Crippen MR) is 105 cm³/mol. The number of nitrogens with zero attached hydrogens (tertiary/aromatic N) is 2. The highest BCUT2D eigenvalue weighted by Crippen LogP contribution is 2.31. The van der Waals surface area contributed by atoms with Crippen LogP contribution in [-0.4, -0.2) is 23.3 Å². The first kappa shape index (κ1) is 18.7. The van der Waals surface area contributed by atoms with Crippen LogP contribution >= 0.6 is 0 Å². The summed E-state index contributed by atoms with van der Waals surface area (Å²) in [5, 5.41) is 2.68. The molecule has 0 spiro atoms. The van der Waals surface area contributed by atoms with Gasteiger partial charge in [-0.05, 0) is 60.9 Å². The zero-order valence-electron chi connectivity index (χ0n) is 15.4. The quantitative estimate of drug-likeness (QED) is 0.725. The number of rotatable bonds is 3. The number of nitrogens with one attached hydrogen (secondary N) is 1. The average Bonchev–Trinajstić information content (AvgIpc) is 2.75. The van der Waals surface area contributed by atoms with E-state index in [4.69, 9.17) is 0 Å². The Labute approximate surface area is 166 Å². The standard InChI is InChI=1S/C22H17F2N3O2/c23-18-8-6-15(11-19(18)24)21(28)26-17-7-5-14-4-2-10-27(20(14)12-17)22(29)16-3-1-9-25-13-16/h1,3,5-9,11-13H,2,4,10H2,(H,26,28). The zero-order valence-corrected chi connectivity index (χ0v) is 15.4. The van der Waals surface area contributed by atoms with Crippen molar-refractivity contribution in [3.05, 3.63) is 89.2 Å². The normalized spacial score (nSPS) is 13.0. The van der Waals surface area contributed by atoms with Gasteiger partial charge in [0.05, 0.1) is 5.56 Å².